The van der Waals surface area contributed by atoms with E-state index in [0.717, 1.165) is 50.2 Å². The van der Waals surface area contributed by atoms with Gasteiger partial charge >= 0.3 is 0 Å². The Morgan fingerprint density at radius 3 is 2.50 bits per heavy atom. The molecule has 0 unspecified atom stereocenters. The summed E-state index contributed by atoms with van der Waals surface area (Å²) in [7, 11) is 2.15. The van der Waals surface area contributed by atoms with Crippen molar-refractivity contribution in [2.24, 2.45) is 0 Å². The predicted octanol–water partition coefficient (Wildman–Crippen LogP) is 3.76. The molecule has 0 spiro atoms. The van der Waals surface area contributed by atoms with Crippen molar-refractivity contribution in [2.75, 3.05) is 51.3 Å². The zero-order valence-electron chi connectivity index (χ0n) is 21.0. The first-order valence-electron chi connectivity index (χ1n) is 12.5. The maximum atomic E-state index is 14.9. The number of pyridine rings is 1. The third-order valence-electron chi connectivity index (χ3n) is 6.83. The summed E-state index contributed by atoms with van der Waals surface area (Å²) in [4.78, 5) is 20.0. The van der Waals surface area contributed by atoms with E-state index in [-0.39, 0.29) is 17.5 Å². The molecule has 3 aromatic rings. The smallest absolute Gasteiger partial charge is 0.178 e. The number of fused-ring (bicyclic) bond motifs is 1. The number of halogens is 2. The first-order valence-corrected chi connectivity index (χ1v) is 12.5. The fraction of sp³-hybridized carbons (Fsp3) is 0.444. The van der Waals surface area contributed by atoms with Crippen molar-refractivity contribution in [3.8, 4) is 17.0 Å². The van der Waals surface area contributed by atoms with Crippen LogP contribution >= 0.6 is 0 Å². The molecule has 1 saturated heterocycles. The Morgan fingerprint density at radius 1 is 0.972 bits per heavy atom. The molecule has 0 atom stereocenters. The molecule has 5 rings (SSSR count). The van der Waals surface area contributed by atoms with E-state index in [9.17, 15) is 8.78 Å². The van der Waals surface area contributed by atoms with E-state index < -0.39 is 11.6 Å². The summed E-state index contributed by atoms with van der Waals surface area (Å²) in [6.07, 6.45) is 3.39. The topological polar surface area (TPSA) is 57.6 Å². The molecule has 0 N–H and O–H groups in total. The van der Waals surface area contributed by atoms with Crippen LogP contribution in [0.1, 0.15) is 30.9 Å². The second kappa shape index (κ2) is 10.4. The monoisotopic (exact) mass is 494 g/mol. The van der Waals surface area contributed by atoms with Crippen molar-refractivity contribution in [2.45, 2.75) is 32.9 Å². The summed E-state index contributed by atoms with van der Waals surface area (Å²) in [6, 6.07) is 7.22. The minimum atomic E-state index is -0.596. The highest BCUT2D eigenvalue weighted by Gasteiger charge is 2.25. The Bertz CT molecular complexity index is 1210. The van der Waals surface area contributed by atoms with Crippen LogP contribution in [0, 0.1) is 11.6 Å². The first kappa shape index (κ1) is 24.5. The molecule has 0 radical (unpaired) electrons. The molecule has 7 nitrogen and oxygen atoms in total. The molecule has 4 heterocycles. The maximum absolute atomic E-state index is 14.9. The van der Waals surface area contributed by atoms with E-state index in [4.69, 9.17) is 4.74 Å². The summed E-state index contributed by atoms with van der Waals surface area (Å²) in [5, 5.41) is 0. The molecule has 2 aliphatic rings. The van der Waals surface area contributed by atoms with Crippen LogP contribution in [0.4, 0.5) is 14.5 Å². The molecule has 0 amide bonds. The lowest BCUT2D eigenvalue weighted by atomic mass is 10.1. The fourth-order valence-electron chi connectivity index (χ4n) is 4.75. The molecule has 1 fully saturated rings. The van der Waals surface area contributed by atoms with Gasteiger partial charge in [-0.05, 0) is 44.7 Å². The van der Waals surface area contributed by atoms with Gasteiger partial charge in [0.05, 0.1) is 24.8 Å². The van der Waals surface area contributed by atoms with Gasteiger partial charge < -0.3 is 14.5 Å². The second-order valence-corrected chi connectivity index (χ2v) is 9.84. The van der Waals surface area contributed by atoms with E-state index in [1.54, 1.807) is 6.07 Å². The van der Waals surface area contributed by atoms with Crippen molar-refractivity contribution in [3.63, 3.8) is 0 Å². The van der Waals surface area contributed by atoms with E-state index in [1.165, 1.54) is 6.07 Å². The predicted molar refractivity (Wildman–Crippen MR) is 135 cm³/mol. The number of nitrogens with zero attached hydrogens (tertiary/aromatic N) is 6. The molecule has 9 heteroatoms. The second-order valence-electron chi connectivity index (χ2n) is 9.84. The SMILES string of the molecule is CC(C)N1CCOc2c(F)cc(-c3nc(Cc4ccc(CN5CCN(C)CC5)cn4)ncc3F)cc21. The summed E-state index contributed by atoms with van der Waals surface area (Å²) in [5.41, 5.74) is 3.00. The summed E-state index contributed by atoms with van der Waals surface area (Å²) < 4.78 is 35.3. The Morgan fingerprint density at radius 2 is 1.78 bits per heavy atom. The number of likely N-dealkylation sites (N-methyl/N-ethyl adjacent to an activating group) is 1. The summed E-state index contributed by atoms with van der Waals surface area (Å²) >= 11 is 0. The standard InChI is InChI=1S/C27H32F2N6O/c1-18(2)35-10-11-36-27-22(28)12-20(13-24(27)35)26-23(29)16-31-25(32-26)14-21-5-4-19(15-30-21)17-34-8-6-33(3)7-9-34/h4-5,12-13,15-16,18H,6-11,14,17H2,1-3H3. The third kappa shape index (κ3) is 5.32. The van der Waals surface area contributed by atoms with Gasteiger partial charge in [-0.2, -0.15) is 0 Å². The average Bonchev–Trinajstić information content (AvgIpc) is 2.87. The van der Waals surface area contributed by atoms with Gasteiger partial charge in [-0.3, -0.25) is 9.88 Å². The van der Waals surface area contributed by atoms with Gasteiger partial charge in [0.1, 0.15) is 18.1 Å². The molecule has 2 aromatic heterocycles. The number of aromatic nitrogens is 3. The minimum Gasteiger partial charge on any atom is -0.486 e. The van der Waals surface area contributed by atoms with Gasteiger partial charge in [0, 0.05) is 56.2 Å². The Labute approximate surface area is 210 Å². The van der Waals surface area contributed by atoms with Crippen LogP contribution in [0.3, 0.4) is 0 Å². The number of hydrogen-bond donors (Lipinski definition) is 0. The molecule has 2 aliphatic heterocycles. The summed E-state index contributed by atoms with van der Waals surface area (Å²) in [6.45, 7) is 10.2. The van der Waals surface area contributed by atoms with E-state index >= 15 is 0 Å². The molecular formula is C27H32F2N6O. The zero-order valence-corrected chi connectivity index (χ0v) is 21.0. The largest absolute Gasteiger partial charge is 0.486 e. The quantitative estimate of drug-likeness (QED) is 0.517. The highest BCUT2D eigenvalue weighted by atomic mass is 19.1. The lowest BCUT2D eigenvalue weighted by Gasteiger charge is -2.34. The van der Waals surface area contributed by atoms with Crippen molar-refractivity contribution in [1.29, 1.82) is 0 Å². The zero-order chi connectivity index (χ0) is 25.2. The molecular weight excluding hydrogens is 462 g/mol. The van der Waals surface area contributed by atoms with Crippen LogP contribution < -0.4 is 9.64 Å². The van der Waals surface area contributed by atoms with Crippen molar-refractivity contribution in [3.05, 3.63) is 65.4 Å². The van der Waals surface area contributed by atoms with Gasteiger partial charge in [0.25, 0.3) is 0 Å². The Hall–Kier alpha value is -3.17. The third-order valence-corrected chi connectivity index (χ3v) is 6.83. The number of ether oxygens (including phenoxy) is 1. The lowest BCUT2D eigenvalue weighted by Crippen LogP contribution is -2.43. The van der Waals surface area contributed by atoms with Crippen LogP contribution in [0.2, 0.25) is 0 Å². The van der Waals surface area contributed by atoms with Crippen LogP contribution in [-0.2, 0) is 13.0 Å². The van der Waals surface area contributed by atoms with Gasteiger partial charge in [0.15, 0.2) is 17.4 Å². The molecule has 36 heavy (non-hydrogen) atoms. The number of anilines is 1. The van der Waals surface area contributed by atoms with Gasteiger partial charge in [-0.25, -0.2) is 18.7 Å². The molecule has 1 aromatic carbocycles. The van der Waals surface area contributed by atoms with Crippen LogP contribution in [0.5, 0.6) is 5.75 Å². The maximum Gasteiger partial charge on any atom is 0.178 e. The molecule has 0 aliphatic carbocycles. The molecule has 190 valence electrons. The Kier molecular flexibility index (Phi) is 7.11. The van der Waals surface area contributed by atoms with E-state index in [0.29, 0.717) is 36.6 Å². The van der Waals surface area contributed by atoms with Crippen molar-refractivity contribution < 1.29 is 13.5 Å². The van der Waals surface area contributed by atoms with Crippen LogP contribution in [-0.4, -0.2) is 77.2 Å². The van der Waals surface area contributed by atoms with Gasteiger partial charge in [0.2, 0.25) is 0 Å². The van der Waals surface area contributed by atoms with Crippen LogP contribution in [0.25, 0.3) is 11.3 Å². The average molecular weight is 495 g/mol. The number of rotatable bonds is 6. The fourth-order valence-corrected chi connectivity index (χ4v) is 4.75. The minimum absolute atomic E-state index is 0.0719. The van der Waals surface area contributed by atoms with Crippen molar-refractivity contribution in [1.82, 2.24) is 24.8 Å². The van der Waals surface area contributed by atoms with E-state index in [2.05, 4.69) is 42.8 Å². The number of piperazine rings is 1. The van der Waals surface area contributed by atoms with Gasteiger partial charge in [-0.15, -0.1) is 0 Å². The molecule has 0 bridgehead atoms. The highest BCUT2D eigenvalue weighted by molar-refractivity contribution is 5.72. The lowest BCUT2D eigenvalue weighted by molar-refractivity contribution is 0.148. The van der Waals surface area contributed by atoms with Crippen LogP contribution in [0.15, 0.2) is 36.7 Å². The van der Waals surface area contributed by atoms with Crippen molar-refractivity contribution >= 4 is 5.69 Å². The molecule has 0 saturated carbocycles. The number of benzene rings is 1. The van der Waals surface area contributed by atoms with E-state index in [1.807, 2.05) is 26.1 Å². The normalized spacial score (nSPS) is 16.8. The Balaban J connectivity index is 1.34. The van der Waals surface area contributed by atoms with Gasteiger partial charge in [-0.1, -0.05) is 6.07 Å². The first-order chi connectivity index (χ1) is 17.4. The highest BCUT2D eigenvalue weighted by Crippen LogP contribution is 2.39. The number of hydrogen-bond acceptors (Lipinski definition) is 7. The summed E-state index contributed by atoms with van der Waals surface area (Å²) in [5.74, 6) is -0.485.